The van der Waals surface area contributed by atoms with Gasteiger partial charge in [0.15, 0.2) is 11.3 Å². The van der Waals surface area contributed by atoms with Crippen LogP contribution in [0.15, 0.2) is 54.9 Å². The number of aryl methyl sites for hydroxylation is 1. The largest absolute Gasteiger partial charge is 0.437 e. The van der Waals surface area contributed by atoms with Crippen LogP contribution in [0.5, 0.6) is 11.6 Å². The molecule has 1 spiro atoms. The first-order valence-corrected chi connectivity index (χ1v) is 12.3. The first-order chi connectivity index (χ1) is 18.5. The standard InChI is InChI=1S/C27H23N7O4/c28-14-17-7-9-21(29-15-17)33-12-2-5-18-4-1-6-20(23(18)33)38-22-10-8-19(16-30-22)34-13-3-11-27(34)24(35)31-26(37)32-25(27)36/h1,4,6-10,15-16H,2-3,5,11-13H2,(H2,31,32,35,36,37). The van der Waals surface area contributed by atoms with E-state index in [4.69, 9.17) is 10.00 Å². The molecule has 38 heavy (non-hydrogen) atoms. The van der Waals surface area contributed by atoms with Crippen LogP contribution in [0.4, 0.5) is 22.0 Å². The van der Waals surface area contributed by atoms with Gasteiger partial charge in [-0.1, -0.05) is 12.1 Å². The number of fused-ring (bicyclic) bond motifs is 1. The zero-order valence-corrected chi connectivity index (χ0v) is 20.3. The molecule has 5 heterocycles. The number of benzene rings is 1. The van der Waals surface area contributed by atoms with E-state index in [1.54, 1.807) is 35.5 Å². The van der Waals surface area contributed by atoms with E-state index in [0.29, 0.717) is 42.3 Å². The number of pyridine rings is 2. The topological polar surface area (TPSA) is 141 Å². The summed E-state index contributed by atoms with van der Waals surface area (Å²) in [4.78, 5) is 49.8. The number of para-hydroxylation sites is 1. The molecule has 0 atom stereocenters. The van der Waals surface area contributed by atoms with E-state index in [9.17, 15) is 14.4 Å². The number of aromatic nitrogens is 2. The van der Waals surface area contributed by atoms with Crippen molar-refractivity contribution >= 4 is 35.0 Å². The minimum Gasteiger partial charge on any atom is -0.437 e. The number of hydrogen-bond donors (Lipinski definition) is 2. The Bertz CT molecular complexity index is 1460. The van der Waals surface area contributed by atoms with Gasteiger partial charge in [0.1, 0.15) is 11.9 Å². The van der Waals surface area contributed by atoms with Crippen LogP contribution in [0.25, 0.3) is 0 Å². The lowest BCUT2D eigenvalue weighted by atomic mass is 9.92. The minimum atomic E-state index is -1.48. The number of urea groups is 1. The van der Waals surface area contributed by atoms with Gasteiger partial charge in [-0.3, -0.25) is 20.2 Å². The Hall–Kier alpha value is -4.98. The normalized spacial score (nSPS) is 18.0. The van der Waals surface area contributed by atoms with E-state index in [2.05, 4.69) is 37.6 Å². The average molecular weight is 510 g/mol. The highest BCUT2D eigenvalue weighted by Gasteiger charge is 2.57. The van der Waals surface area contributed by atoms with Gasteiger partial charge in [-0.2, -0.15) is 5.26 Å². The number of hydrogen-bond acceptors (Lipinski definition) is 9. The molecule has 3 aliphatic rings. The van der Waals surface area contributed by atoms with Crippen molar-refractivity contribution in [2.75, 3.05) is 22.9 Å². The molecule has 4 amide bonds. The van der Waals surface area contributed by atoms with Crippen molar-refractivity contribution in [3.05, 3.63) is 66.0 Å². The van der Waals surface area contributed by atoms with Crippen LogP contribution < -0.4 is 25.2 Å². The third-order valence-electron chi connectivity index (χ3n) is 7.17. The Morgan fingerprint density at radius 3 is 2.50 bits per heavy atom. The summed E-state index contributed by atoms with van der Waals surface area (Å²) < 4.78 is 6.23. The molecule has 6 rings (SSSR count). The van der Waals surface area contributed by atoms with Crippen LogP contribution in [0.2, 0.25) is 0 Å². The fourth-order valence-corrected chi connectivity index (χ4v) is 5.43. The van der Waals surface area contributed by atoms with E-state index in [0.717, 1.165) is 36.5 Å². The summed E-state index contributed by atoms with van der Waals surface area (Å²) >= 11 is 0. The van der Waals surface area contributed by atoms with Crippen LogP contribution in [-0.2, 0) is 16.0 Å². The zero-order chi connectivity index (χ0) is 26.3. The molecule has 0 saturated carbocycles. The van der Waals surface area contributed by atoms with E-state index in [1.807, 2.05) is 18.2 Å². The smallest absolute Gasteiger partial charge is 0.328 e. The maximum absolute atomic E-state index is 12.7. The first kappa shape index (κ1) is 23.4. The Balaban J connectivity index is 1.28. The number of nitrogens with one attached hydrogen (secondary N) is 2. The van der Waals surface area contributed by atoms with Crippen molar-refractivity contribution in [3.63, 3.8) is 0 Å². The van der Waals surface area contributed by atoms with E-state index in [-0.39, 0.29) is 0 Å². The van der Waals surface area contributed by atoms with Crippen LogP contribution in [0.3, 0.4) is 0 Å². The predicted octanol–water partition coefficient (Wildman–Crippen LogP) is 2.93. The van der Waals surface area contributed by atoms with Gasteiger partial charge in [0, 0.05) is 25.4 Å². The van der Waals surface area contributed by atoms with Gasteiger partial charge in [-0.15, -0.1) is 0 Å². The zero-order valence-electron chi connectivity index (χ0n) is 20.3. The van der Waals surface area contributed by atoms with Crippen molar-refractivity contribution in [1.29, 1.82) is 5.26 Å². The van der Waals surface area contributed by atoms with Gasteiger partial charge in [-0.25, -0.2) is 14.8 Å². The number of rotatable bonds is 4. The monoisotopic (exact) mass is 509 g/mol. The van der Waals surface area contributed by atoms with Gasteiger partial charge >= 0.3 is 6.03 Å². The molecule has 0 radical (unpaired) electrons. The SMILES string of the molecule is N#Cc1ccc(N2CCCc3cccc(Oc4ccc(N5CCCC56C(=O)NC(=O)NC6=O)cn4)c32)nc1. The molecule has 0 bridgehead atoms. The lowest BCUT2D eigenvalue weighted by molar-refractivity contribution is -0.137. The lowest BCUT2D eigenvalue weighted by Gasteiger charge is -2.38. The fraction of sp³-hybridized carbons (Fsp3) is 0.259. The molecule has 11 nitrogen and oxygen atoms in total. The number of amides is 4. The summed E-state index contributed by atoms with van der Waals surface area (Å²) in [6.45, 7) is 1.22. The number of ether oxygens (including phenoxy) is 1. The number of imide groups is 2. The summed E-state index contributed by atoms with van der Waals surface area (Å²) in [7, 11) is 0. The van der Waals surface area contributed by atoms with Crippen LogP contribution in [0.1, 0.15) is 30.4 Å². The molecule has 2 N–H and O–H groups in total. The van der Waals surface area contributed by atoms with E-state index in [1.165, 1.54) is 0 Å². The van der Waals surface area contributed by atoms with Crippen molar-refractivity contribution in [1.82, 2.24) is 20.6 Å². The molecule has 190 valence electrons. The van der Waals surface area contributed by atoms with Gasteiger partial charge in [0.05, 0.1) is 23.1 Å². The highest BCUT2D eigenvalue weighted by atomic mass is 16.5. The van der Waals surface area contributed by atoms with Gasteiger partial charge < -0.3 is 14.5 Å². The van der Waals surface area contributed by atoms with Crippen LogP contribution >= 0.6 is 0 Å². The summed E-state index contributed by atoms with van der Waals surface area (Å²) in [6.07, 6.45) is 5.88. The molecule has 2 saturated heterocycles. The van der Waals surface area contributed by atoms with Gasteiger partial charge in [-0.05, 0) is 55.5 Å². The number of carbonyl (C=O) groups excluding carboxylic acids is 3. The number of nitriles is 1. The molecule has 3 aromatic rings. The van der Waals surface area contributed by atoms with Crippen molar-refractivity contribution in [3.8, 4) is 17.7 Å². The minimum absolute atomic E-state index is 0.297. The summed E-state index contributed by atoms with van der Waals surface area (Å²) in [5.41, 5.74) is 1.62. The third-order valence-corrected chi connectivity index (χ3v) is 7.17. The predicted molar refractivity (Wildman–Crippen MR) is 136 cm³/mol. The molecule has 2 aromatic heterocycles. The maximum Gasteiger partial charge on any atom is 0.328 e. The van der Waals surface area contributed by atoms with Crippen LogP contribution in [0, 0.1) is 11.3 Å². The van der Waals surface area contributed by atoms with Crippen molar-refractivity contribution in [2.45, 2.75) is 31.2 Å². The number of barbiturate groups is 1. The second kappa shape index (κ2) is 9.15. The lowest BCUT2D eigenvalue weighted by Crippen LogP contribution is -2.71. The summed E-state index contributed by atoms with van der Waals surface area (Å²) in [5.74, 6) is 0.441. The molecule has 0 unspecified atom stereocenters. The molecule has 3 aliphatic heterocycles. The maximum atomic E-state index is 12.7. The second-order valence-corrected chi connectivity index (χ2v) is 9.35. The Morgan fingerprint density at radius 2 is 1.79 bits per heavy atom. The first-order valence-electron chi connectivity index (χ1n) is 12.3. The molecular weight excluding hydrogens is 486 g/mol. The van der Waals surface area contributed by atoms with E-state index < -0.39 is 23.4 Å². The molecule has 1 aromatic carbocycles. The molecular formula is C27H23N7O4. The molecule has 11 heteroatoms. The second-order valence-electron chi connectivity index (χ2n) is 9.35. The molecule has 2 fully saturated rings. The summed E-state index contributed by atoms with van der Waals surface area (Å²) in [6, 6.07) is 14.2. The number of anilines is 3. The van der Waals surface area contributed by atoms with E-state index >= 15 is 0 Å². The number of carbonyl (C=O) groups is 3. The van der Waals surface area contributed by atoms with Crippen molar-refractivity contribution in [2.24, 2.45) is 0 Å². The van der Waals surface area contributed by atoms with Gasteiger partial charge in [0.25, 0.3) is 11.8 Å². The van der Waals surface area contributed by atoms with Crippen molar-refractivity contribution < 1.29 is 19.1 Å². The Morgan fingerprint density at radius 1 is 0.947 bits per heavy atom. The fourth-order valence-electron chi connectivity index (χ4n) is 5.43. The average Bonchev–Trinajstić information content (AvgIpc) is 3.39. The van der Waals surface area contributed by atoms with Crippen LogP contribution in [-0.4, -0.2) is 46.4 Å². The third kappa shape index (κ3) is 3.78. The Kier molecular flexibility index (Phi) is 5.64. The number of nitrogens with zero attached hydrogens (tertiary/aromatic N) is 5. The Labute approximate surface area is 218 Å². The quantitative estimate of drug-likeness (QED) is 0.508. The highest BCUT2D eigenvalue weighted by Crippen LogP contribution is 2.42. The van der Waals surface area contributed by atoms with Gasteiger partial charge in [0.2, 0.25) is 5.88 Å². The summed E-state index contributed by atoms with van der Waals surface area (Å²) in [5, 5.41) is 13.5. The molecule has 0 aliphatic carbocycles. The highest BCUT2D eigenvalue weighted by molar-refractivity contribution is 6.24.